The molecule has 8 nitrogen and oxygen atoms in total. The maximum atomic E-state index is 12.7. The zero-order chi connectivity index (χ0) is 30.2. The average Bonchev–Trinajstić information content (AvgIpc) is 3.01. The minimum absolute atomic E-state index is 0.143. The van der Waals surface area contributed by atoms with Crippen molar-refractivity contribution in [3.05, 3.63) is 103 Å². The molecule has 0 saturated heterocycles. The van der Waals surface area contributed by atoms with Gasteiger partial charge in [0.05, 0.1) is 18.4 Å². The molecule has 8 heteroatoms. The Bertz CT molecular complexity index is 1340. The van der Waals surface area contributed by atoms with Crippen molar-refractivity contribution >= 4 is 17.9 Å². The number of esters is 3. The van der Waals surface area contributed by atoms with Gasteiger partial charge in [0, 0.05) is 12.5 Å². The third-order valence-electron chi connectivity index (χ3n) is 6.19. The molecule has 220 valence electrons. The summed E-state index contributed by atoms with van der Waals surface area (Å²) in [5.41, 5.74) is 3.39. The van der Waals surface area contributed by atoms with Crippen LogP contribution in [0, 0.1) is 0 Å². The lowest BCUT2D eigenvalue weighted by molar-refractivity contribution is -0.139. The highest BCUT2D eigenvalue weighted by Gasteiger charge is 2.11. The van der Waals surface area contributed by atoms with E-state index in [-0.39, 0.29) is 19.2 Å². The van der Waals surface area contributed by atoms with Gasteiger partial charge >= 0.3 is 17.9 Å². The number of rotatable bonds is 17. The Labute approximate surface area is 246 Å². The smallest absolute Gasteiger partial charge is 0.343 e. The van der Waals surface area contributed by atoms with E-state index in [1.165, 1.54) is 0 Å². The van der Waals surface area contributed by atoms with Gasteiger partial charge in [-0.05, 0) is 90.9 Å². The summed E-state index contributed by atoms with van der Waals surface area (Å²) in [6.07, 6.45) is 5.75. The Balaban J connectivity index is 1.47. The molecule has 0 atom stereocenters. The molecule has 0 radical (unpaired) electrons. The third kappa shape index (κ3) is 10.3. The molecule has 0 unspecified atom stereocenters. The van der Waals surface area contributed by atoms with E-state index in [9.17, 15) is 14.4 Å². The van der Waals surface area contributed by atoms with Crippen LogP contribution in [0.2, 0.25) is 0 Å². The van der Waals surface area contributed by atoms with E-state index in [1.807, 2.05) is 37.3 Å². The van der Waals surface area contributed by atoms with Gasteiger partial charge in [0.2, 0.25) is 0 Å². The maximum Gasteiger partial charge on any atom is 0.343 e. The summed E-state index contributed by atoms with van der Waals surface area (Å²) in [6, 6.07) is 20.0. The maximum absolute atomic E-state index is 12.7. The fraction of sp³-hybridized carbons (Fsp3) is 0.265. The van der Waals surface area contributed by atoms with Crippen LogP contribution in [0.3, 0.4) is 0 Å². The summed E-state index contributed by atoms with van der Waals surface area (Å²) in [4.78, 5) is 35.1. The number of hydrogen-bond acceptors (Lipinski definition) is 8. The van der Waals surface area contributed by atoms with Crippen LogP contribution >= 0.6 is 0 Å². The van der Waals surface area contributed by atoms with Gasteiger partial charge in [-0.25, -0.2) is 9.59 Å². The number of unbranched alkanes of at least 4 members (excludes halogenated alkanes) is 2. The highest BCUT2D eigenvalue weighted by molar-refractivity contribution is 5.91. The van der Waals surface area contributed by atoms with E-state index in [2.05, 4.69) is 17.9 Å². The second-order valence-corrected chi connectivity index (χ2v) is 9.15. The Kier molecular flexibility index (Phi) is 12.9. The first-order valence-electron chi connectivity index (χ1n) is 13.8. The summed E-state index contributed by atoms with van der Waals surface area (Å²) in [5, 5.41) is 0. The predicted molar refractivity (Wildman–Crippen MR) is 160 cm³/mol. The summed E-state index contributed by atoms with van der Waals surface area (Å²) in [5.74, 6) is 0.600. The highest BCUT2D eigenvalue weighted by atomic mass is 16.6. The molecule has 0 aromatic heterocycles. The highest BCUT2D eigenvalue weighted by Crippen LogP contribution is 2.28. The molecule has 0 fully saturated rings. The molecular formula is C34H36O8. The molecule has 3 aromatic rings. The molecule has 0 aliphatic rings. The van der Waals surface area contributed by atoms with Gasteiger partial charge in [0.1, 0.15) is 30.5 Å². The van der Waals surface area contributed by atoms with Crippen molar-refractivity contribution in [3.8, 4) is 28.4 Å². The minimum atomic E-state index is -0.481. The number of benzene rings is 3. The largest absolute Gasteiger partial charge is 0.494 e. The van der Waals surface area contributed by atoms with Crippen LogP contribution in [-0.4, -0.2) is 37.7 Å². The van der Waals surface area contributed by atoms with Gasteiger partial charge in [0.15, 0.2) is 0 Å². The molecule has 0 aliphatic carbocycles. The van der Waals surface area contributed by atoms with Crippen molar-refractivity contribution in [1.82, 2.24) is 0 Å². The van der Waals surface area contributed by atoms with Gasteiger partial charge in [-0.1, -0.05) is 38.3 Å². The van der Waals surface area contributed by atoms with Crippen LogP contribution in [0.4, 0.5) is 0 Å². The van der Waals surface area contributed by atoms with Crippen LogP contribution in [0.15, 0.2) is 92.2 Å². The van der Waals surface area contributed by atoms with E-state index in [0.29, 0.717) is 30.1 Å². The number of ether oxygens (including phenoxy) is 5. The predicted octanol–water partition coefficient (Wildman–Crippen LogP) is 6.87. The second kappa shape index (κ2) is 17.1. The van der Waals surface area contributed by atoms with E-state index in [1.54, 1.807) is 36.4 Å². The Morgan fingerprint density at radius 2 is 1.48 bits per heavy atom. The quantitative estimate of drug-likeness (QED) is 0.0568. The fourth-order valence-electron chi connectivity index (χ4n) is 3.99. The zero-order valence-electron chi connectivity index (χ0n) is 23.8. The van der Waals surface area contributed by atoms with Crippen LogP contribution in [-0.2, 0) is 25.5 Å². The lowest BCUT2D eigenvalue weighted by Crippen LogP contribution is -2.10. The van der Waals surface area contributed by atoms with Gasteiger partial charge in [-0.15, -0.1) is 0 Å². The number of aryl methyl sites for hydroxylation is 1. The van der Waals surface area contributed by atoms with E-state index >= 15 is 0 Å². The van der Waals surface area contributed by atoms with Crippen molar-refractivity contribution in [1.29, 1.82) is 0 Å². The summed E-state index contributed by atoms with van der Waals surface area (Å²) >= 11 is 0. The standard InChI is InChI=1S/C34H36O8/c1-4-25-24-28(15-20-31(25)40-22-23-41-32(35)5-2)26-11-13-27(14-12-26)34(37)42-30-18-16-29(17-19-30)39-21-9-7-8-10-33(36)38-6-3/h5-6,11-20,24H,2-4,7-10,21-23H2,1H3. The van der Waals surface area contributed by atoms with Gasteiger partial charge in [-0.2, -0.15) is 0 Å². The SMILES string of the molecule is C=COC(=O)CCCCCOc1ccc(OC(=O)c2ccc(-c3ccc(OCCOC(=O)C=C)c(CC)c3)cc2)cc1. The monoisotopic (exact) mass is 572 g/mol. The molecule has 0 amide bonds. The van der Waals surface area contributed by atoms with Crippen molar-refractivity contribution in [3.63, 3.8) is 0 Å². The molecule has 42 heavy (non-hydrogen) atoms. The Morgan fingerprint density at radius 3 is 2.17 bits per heavy atom. The van der Waals surface area contributed by atoms with Crippen LogP contribution in [0.25, 0.3) is 11.1 Å². The van der Waals surface area contributed by atoms with Crippen LogP contribution in [0.5, 0.6) is 17.2 Å². The lowest BCUT2D eigenvalue weighted by atomic mass is 10.00. The first-order chi connectivity index (χ1) is 20.4. The number of carbonyl (C=O) groups is 3. The second-order valence-electron chi connectivity index (χ2n) is 9.15. The van der Waals surface area contributed by atoms with E-state index in [4.69, 9.17) is 18.9 Å². The average molecular weight is 573 g/mol. The van der Waals surface area contributed by atoms with E-state index in [0.717, 1.165) is 60.5 Å². The van der Waals surface area contributed by atoms with Crippen LogP contribution < -0.4 is 14.2 Å². The normalized spacial score (nSPS) is 10.3. The summed E-state index contributed by atoms with van der Waals surface area (Å²) < 4.78 is 26.7. The van der Waals surface area contributed by atoms with Gasteiger partial charge in [-0.3, -0.25) is 4.79 Å². The first kappa shape index (κ1) is 31.7. The molecule has 3 aromatic carbocycles. The molecule has 0 bridgehead atoms. The molecule has 0 saturated carbocycles. The molecule has 0 heterocycles. The van der Waals surface area contributed by atoms with E-state index < -0.39 is 11.9 Å². The van der Waals surface area contributed by atoms with Gasteiger partial charge < -0.3 is 23.7 Å². The van der Waals surface area contributed by atoms with Crippen molar-refractivity contribution in [2.24, 2.45) is 0 Å². The Morgan fingerprint density at radius 1 is 0.762 bits per heavy atom. The third-order valence-corrected chi connectivity index (χ3v) is 6.19. The Hall–Kier alpha value is -4.85. The summed E-state index contributed by atoms with van der Waals surface area (Å²) in [6.45, 7) is 9.67. The van der Waals surface area contributed by atoms with Crippen molar-refractivity contribution in [2.45, 2.75) is 39.0 Å². The number of hydrogen-bond donors (Lipinski definition) is 0. The molecular weight excluding hydrogens is 536 g/mol. The topological polar surface area (TPSA) is 97.4 Å². The molecule has 0 aliphatic heterocycles. The van der Waals surface area contributed by atoms with Crippen molar-refractivity contribution in [2.75, 3.05) is 19.8 Å². The molecule has 0 N–H and O–H groups in total. The number of carbonyl (C=O) groups excluding carboxylic acids is 3. The van der Waals surface area contributed by atoms with Crippen LogP contribution in [0.1, 0.15) is 48.5 Å². The minimum Gasteiger partial charge on any atom is -0.494 e. The fourth-order valence-corrected chi connectivity index (χ4v) is 3.99. The van der Waals surface area contributed by atoms with Gasteiger partial charge in [0.25, 0.3) is 0 Å². The lowest BCUT2D eigenvalue weighted by Gasteiger charge is -2.13. The first-order valence-corrected chi connectivity index (χ1v) is 13.8. The van der Waals surface area contributed by atoms with Crippen molar-refractivity contribution < 1.29 is 38.1 Å². The zero-order valence-corrected chi connectivity index (χ0v) is 23.8. The molecule has 3 rings (SSSR count). The molecule has 0 spiro atoms. The summed E-state index contributed by atoms with van der Waals surface area (Å²) in [7, 11) is 0.